The first kappa shape index (κ1) is 24.5. The Bertz CT molecular complexity index is 1130. The Labute approximate surface area is 198 Å². The molecule has 0 aliphatic carbocycles. The molecule has 0 saturated carbocycles. The Kier molecular flexibility index (Phi) is 6.92. The number of hydrogen-bond acceptors (Lipinski definition) is 6. The first-order valence-electron chi connectivity index (χ1n) is 11.0. The summed E-state index contributed by atoms with van der Waals surface area (Å²) < 4.78 is 44.1. The maximum absolute atomic E-state index is 12.9. The lowest BCUT2D eigenvalue weighted by atomic mass is 10.0. The van der Waals surface area contributed by atoms with Gasteiger partial charge in [-0.2, -0.15) is 13.2 Å². The fourth-order valence-corrected chi connectivity index (χ4v) is 4.23. The average Bonchev–Trinajstić information content (AvgIpc) is 2.81. The molecule has 1 N–H and O–H groups in total. The number of ether oxygens (including phenoxy) is 1. The molecule has 2 heterocycles. The number of carbonyl (C=O) groups excluding carboxylic acids is 2. The monoisotopic (exact) mass is 492 g/mol. The zero-order valence-electron chi connectivity index (χ0n) is 18.6. The number of nitrogens with one attached hydrogen (secondary N) is 1. The van der Waals surface area contributed by atoms with Crippen molar-refractivity contribution in [2.45, 2.75) is 31.6 Å². The van der Waals surface area contributed by atoms with Crippen molar-refractivity contribution in [3.8, 4) is 5.75 Å². The third-order valence-corrected chi connectivity index (χ3v) is 6.01. The van der Waals surface area contributed by atoms with Gasteiger partial charge in [0.25, 0.3) is 11.6 Å². The summed E-state index contributed by atoms with van der Waals surface area (Å²) in [4.78, 5) is 38.7. The molecule has 2 aromatic rings. The number of nitro groups is 1. The molecule has 12 heteroatoms. The third-order valence-electron chi connectivity index (χ3n) is 6.01. The lowest BCUT2D eigenvalue weighted by molar-refractivity contribution is -0.384. The van der Waals surface area contributed by atoms with Crippen LogP contribution in [-0.2, 0) is 22.3 Å². The van der Waals surface area contributed by atoms with Crippen molar-refractivity contribution in [2.75, 3.05) is 31.1 Å². The average molecular weight is 492 g/mol. The number of benzene rings is 2. The van der Waals surface area contributed by atoms with Crippen LogP contribution in [0.25, 0.3) is 0 Å². The quantitative estimate of drug-likeness (QED) is 0.491. The van der Waals surface area contributed by atoms with Crippen LogP contribution in [0.1, 0.15) is 24.0 Å². The maximum Gasteiger partial charge on any atom is 0.416 e. The second-order valence-corrected chi connectivity index (χ2v) is 8.49. The zero-order chi connectivity index (χ0) is 25.2. The van der Waals surface area contributed by atoms with Gasteiger partial charge in [0.15, 0.2) is 6.61 Å². The minimum Gasteiger partial charge on any atom is -0.482 e. The molecule has 35 heavy (non-hydrogen) atoms. The highest BCUT2D eigenvalue weighted by atomic mass is 19.4. The number of rotatable bonds is 6. The van der Waals surface area contributed by atoms with E-state index < -0.39 is 28.5 Å². The lowest BCUT2D eigenvalue weighted by Gasteiger charge is -2.33. The molecule has 9 nitrogen and oxygen atoms in total. The Morgan fingerprint density at radius 1 is 1.17 bits per heavy atom. The van der Waals surface area contributed by atoms with Gasteiger partial charge in [-0.25, -0.2) is 0 Å². The molecule has 0 bridgehead atoms. The Morgan fingerprint density at radius 2 is 1.91 bits per heavy atom. The van der Waals surface area contributed by atoms with Crippen molar-refractivity contribution < 1.29 is 32.4 Å². The van der Waals surface area contributed by atoms with E-state index in [0.29, 0.717) is 38.0 Å². The predicted molar refractivity (Wildman–Crippen MR) is 119 cm³/mol. The number of alkyl halides is 3. The van der Waals surface area contributed by atoms with Gasteiger partial charge in [0, 0.05) is 37.8 Å². The van der Waals surface area contributed by atoms with Crippen LogP contribution in [0.4, 0.5) is 24.5 Å². The van der Waals surface area contributed by atoms with Gasteiger partial charge in [-0.05, 0) is 30.5 Å². The van der Waals surface area contributed by atoms with Gasteiger partial charge in [-0.3, -0.25) is 29.5 Å². The fourth-order valence-electron chi connectivity index (χ4n) is 4.23. The molecule has 186 valence electrons. The highest BCUT2D eigenvalue weighted by molar-refractivity contribution is 6.02. The summed E-state index contributed by atoms with van der Waals surface area (Å²) in [6.07, 6.45) is -3.19. The normalized spacial score (nSPS) is 17.0. The number of nitro benzene ring substituents is 1. The van der Waals surface area contributed by atoms with Crippen molar-refractivity contribution in [1.82, 2.24) is 10.2 Å². The summed E-state index contributed by atoms with van der Waals surface area (Å²) in [5.41, 5.74) is -0.162. The van der Waals surface area contributed by atoms with Crippen LogP contribution in [0.3, 0.4) is 0 Å². The molecule has 1 saturated heterocycles. The summed E-state index contributed by atoms with van der Waals surface area (Å²) in [5.74, 6) is -0.607. The van der Waals surface area contributed by atoms with Gasteiger partial charge in [0.05, 0.1) is 16.2 Å². The molecular formula is C23H23F3N4O5. The summed E-state index contributed by atoms with van der Waals surface area (Å²) in [6.45, 7) is 0.981. The first-order chi connectivity index (χ1) is 16.6. The maximum atomic E-state index is 12.9. The number of carbonyl (C=O) groups is 2. The minimum absolute atomic E-state index is 0.152. The highest BCUT2D eigenvalue weighted by Crippen LogP contribution is 2.35. The number of piperidine rings is 1. The lowest BCUT2D eigenvalue weighted by Crippen LogP contribution is -2.49. The largest absolute Gasteiger partial charge is 0.482 e. The molecular weight excluding hydrogens is 469 g/mol. The molecule has 2 aliphatic rings. The van der Waals surface area contributed by atoms with Crippen molar-refractivity contribution in [1.29, 1.82) is 0 Å². The summed E-state index contributed by atoms with van der Waals surface area (Å²) >= 11 is 0. The highest BCUT2D eigenvalue weighted by Gasteiger charge is 2.32. The summed E-state index contributed by atoms with van der Waals surface area (Å²) in [6, 6.07) is 8.95. The Balaban J connectivity index is 1.31. The van der Waals surface area contributed by atoms with Crippen molar-refractivity contribution in [3.63, 3.8) is 0 Å². The van der Waals surface area contributed by atoms with Gasteiger partial charge in [0.2, 0.25) is 5.91 Å². The van der Waals surface area contributed by atoms with E-state index >= 15 is 0 Å². The van der Waals surface area contributed by atoms with Crippen LogP contribution in [0.15, 0.2) is 42.5 Å². The standard InChI is InChI=1S/C23H23F3N4O5/c24-23(25,26)16-3-1-2-15(10-16)12-28-8-6-17(7-9-28)27-21(31)13-29-19-11-18(30(33)34)4-5-20(19)35-14-22(29)32/h1-5,10-11,17H,6-9,12-14H2,(H,27,31). The molecule has 0 atom stereocenters. The fraction of sp³-hybridized carbons (Fsp3) is 0.391. The molecule has 1 fully saturated rings. The van der Waals surface area contributed by atoms with E-state index in [2.05, 4.69) is 5.32 Å². The number of amides is 2. The van der Waals surface area contributed by atoms with Gasteiger partial charge in [0.1, 0.15) is 12.3 Å². The molecule has 0 radical (unpaired) electrons. The number of fused-ring (bicyclic) bond motifs is 1. The van der Waals surface area contributed by atoms with Crippen LogP contribution >= 0.6 is 0 Å². The van der Waals surface area contributed by atoms with Crippen molar-refractivity contribution in [3.05, 3.63) is 63.7 Å². The number of likely N-dealkylation sites (tertiary alicyclic amines) is 1. The minimum atomic E-state index is -4.39. The number of non-ortho nitro benzene ring substituents is 1. The van der Waals surface area contributed by atoms with Crippen LogP contribution in [0, 0.1) is 10.1 Å². The van der Waals surface area contributed by atoms with E-state index in [9.17, 15) is 32.9 Å². The van der Waals surface area contributed by atoms with Gasteiger partial charge in [-0.15, -0.1) is 0 Å². The molecule has 0 unspecified atom stereocenters. The third kappa shape index (κ3) is 5.88. The molecule has 4 rings (SSSR count). The summed E-state index contributed by atoms with van der Waals surface area (Å²) in [5, 5.41) is 14.0. The summed E-state index contributed by atoms with van der Waals surface area (Å²) in [7, 11) is 0. The second kappa shape index (κ2) is 9.90. The van der Waals surface area contributed by atoms with Crippen LogP contribution in [-0.4, -0.2) is 53.9 Å². The molecule has 2 aromatic carbocycles. The van der Waals surface area contributed by atoms with Crippen molar-refractivity contribution in [2.24, 2.45) is 0 Å². The second-order valence-electron chi connectivity index (χ2n) is 8.49. The molecule has 0 spiro atoms. The number of anilines is 1. The first-order valence-corrected chi connectivity index (χ1v) is 11.0. The van der Waals surface area contributed by atoms with Gasteiger partial charge < -0.3 is 10.1 Å². The molecule has 2 amide bonds. The van der Waals surface area contributed by atoms with Gasteiger partial charge in [-0.1, -0.05) is 18.2 Å². The zero-order valence-corrected chi connectivity index (χ0v) is 18.6. The smallest absolute Gasteiger partial charge is 0.416 e. The Morgan fingerprint density at radius 3 is 2.60 bits per heavy atom. The van der Waals surface area contributed by atoms with Crippen LogP contribution in [0.2, 0.25) is 0 Å². The topological polar surface area (TPSA) is 105 Å². The number of hydrogen-bond donors (Lipinski definition) is 1. The predicted octanol–water partition coefficient (Wildman–Crippen LogP) is 3.12. The Hall–Kier alpha value is -3.67. The van der Waals surface area contributed by atoms with E-state index in [0.717, 1.165) is 12.1 Å². The molecule has 2 aliphatic heterocycles. The van der Waals surface area contributed by atoms with E-state index in [1.165, 1.54) is 29.2 Å². The van der Waals surface area contributed by atoms with E-state index in [-0.39, 0.29) is 36.3 Å². The number of nitrogens with zero attached hydrogens (tertiary/aromatic N) is 3. The van der Waals surface area contributed by atoms with Crippen molar-refractivity contribution >= 4 is 23.2 Å². The SMILES string of the molecule is O=C(CN1C(=O)COc2ccc([N+](=O)[O-])cc21)NC1CCN(Cc2cccc(C(F)(F)F)c2)CC1. The van der Waals surface area contributed by atoms with Crippen LogP contribution < -0.4 is 15.0 Å². The van der Waals surface area contributed by atoms with E-state index in [1.807, 2.05) is 4.90 Å². The van der Waals surface area contributed by atoms with E-state index in [1.54, 1.807) is 6.07 Å². The van der Waals surface area contributed by atoms with Crippen LogP contribution in [0.5, 0.6) is 5.75 Å². The van der Waals surface area contributed by atoms with Gasteiger partial charge >= 0.3 is 6.18 Å². The van der Waals surface area contributed by atoms with E-state index in [4.69, 9.17) is 4.74 Å². The molecule has 0 aromatic heterocycles. The number of halogens is 3.